The van der Waals surface area contributed by atoms with E-state index >= 15 is 0 Å². The molecule has 0 rings (SSSR count). The molecule has 0 spiro atoms. The van der Waals surface area contributed by atoms with Crippen LogP contribution in [-0.4, -0.2) is 7.37 Å². The monoisotopic (exact) mass is 229 g/mol. The molecule has 4 heteroatoms. The van der Waals surface area contributed by atoms with Crippen LogP contribution in [0.1, 0.15) is 0 Å². The van der Waals surface area contributed by atoms with Crippen molar-refractivity contribution in [1.29, 1.82) is 0 Å². The molecule has 0 saturated carbocycles. The third-order valence-electron chi connectivity index (χ3n) is 0. The summed E-state index contributed by atoms with van der Waals surface area (Å²) in [6.45, 7) is 0. The van der Waals surface area contributed by atoms with Crippen molar-refractivity contribution >= 4 is 7.37 Å². The van der Waals surface area contributed by atoms with Crippen LogP contribution in [0.5, 0.6) is 0 Å². The summed E-state index contributed by atoms with van der Waals surface area (Å²) in [5.41, 5.74) is 0. The van der Waals surface area contributed by atoms with Crippen LogP contribution in [0.15, 0.2) is 0 Å². The Labute approximate surface area is 73.0 Å². The van der Waals surface area contributed by atoms with Crippen molar-refractivity contribution in [2.75, 3.05) is 0 Å². The van der Waals surface area contributed by atoms with E-state index in [1.807, 2.05) is 0 Å². The molecule has 0 aromatic carbocycles. The zero-order valence-corrected chi connectivity index (χ0v) is 9.58. The fourth-order valence-corrected chi connectivity index (χ4v) is 0. The van der Waals surface area contributed by atoms with Crippen molar-refractivity contribution in [1.82, 2.24) is 0 Å². The number of hydrogen-bond donors (Lipinski definition) is 0. The maximum atomic E-state index is 1.69. The van der Waals surface area contributed by atoms with Gasteiger partial charge in [-0.3, -0.25) is 0 Å². The molecule has 2 radical (unpaired) electrons. The van der Waals surface area contributed by atoms with Gasteiger partial charge < -0.3 is 0 Å². The Morgan fingerprint density at radius 3 is 1.25 bits per heavy atom. The zero-order valence-electron chi connectivity index (χ0n) is 2.38. The molecule has 0 aliphatic carbocycles. The first-order valence-electron chi connectivity index (χ1n) is 0.500. The van der Waals surface area contributed by atoms with Gasteiger partial charge in [-0.1, -0.05) is 0 Å². The second-order valence-electron chi connectivity index (χ2n) is 0. The third kappa shape index (κ3) is 8.82. The molecule has 0 atom stereocenters. The van der Waals surface area contributed by atoms with E-state index in [-0.39, 0.29) is 42.9 Å². The van der Waals surface area contributed by atoms with Crippen molar-refractivity contribution in [3.63, 3.8) is 0 Å². The van der Waals surface area contributed by atoms with Crippen LogP contribution in [0.2, 0.25) is 0 Å². The van der Waals surface area contributed by atoms with Crippen molar-refractivity contribution < 1.29 is 66.8 Å². The summed E-state index contributed by atoms with van der Waals surface area (Å²) in [6, 6.07) is 0. The van der Waals surface area contributed by atoms with Gasteiger partial charge in [0.05, 0.1) is 0 Å². The Bertz CT molecular complexity index is 8.00. The molecule has 0 aromatic rings. The average molecular weight is 231 g/mol. The standard InChI is InChI=1S/Cu.Sc.H3Si.Zr/h;;1H3;. The summed E-state index contributed by atoms with van der Waals surface area (Å²) in [5.74, 6) is 0. The van der Waals surface area contributed by atoms with Crippen molar-refractivity contribution in [3.05, 3.63) is 0 Å². The Hall–Kier alpha value is 2.49. The van der Waals surface area contributed by atoms with Crippen LogP contribution in [0.25, 0.3) is 0 Å². The van der Waals surface area contributed by atoms with Gasteiger partial charge in [0.1, 0.15) is 0 Å². The summed E-state index contributed by atoms with van der Waals surface area (Å²) in [6.07, 6.45) is 0. The summed E-state index contributed by atoms with van der Waals surface area (Å²) in [7, 11) is 1.40. The van der Waals surface area contributed by atoms with E-state index in [4.69, 9.17) is 0 Å². The second kappa shape index (κ2) is 17.9. The Morgan fingerprint density at radius 1 is 1.25 bits per heavy atom. The van der Waals surface area contributed by atoms with Crippen LogP contribution in [0.4, 0.5) is 0 Å². The second-order valence-corrected chi connectivity index (χ2v) is 0. The predicted octanol–water partition coefficient (Wildman–Crippen LogP) is -1.19. The molecular weight excluding hydrogens is 228 g/mol. The van der Waals surface area contributed by atoms with Crippen LogP contribution in [0, 0.1) is 0 Å². The van der Waals surface area contributed by atoms with Gasteiger partial charge in [0.25, 0.3) is 0 Å². The minimum atomic E-state index is 0. The third-order valence-corrected chi connectivity index (χ3v) is 0. The fourth-order valence-electron chi connectivity index (χ4n) is 0. The zero-order chi connectivity index (χ0) is 2.00. The predicted molar refractivity (Wildman–Crippen MR) is 9.94 cm³/mol. The molecule has 0 aromatic heterocycles. The minimum absolute atomic E-state index is 0. The van der Waals surface area contributed by atoms with Gasteiger partial charge >= 0.3 is 31.2 Å². The fraction of sp³-hybridized carbons (Fsp3) is 0. The van der Waals surface area contributed by atoms with Gasteiger partial charge in [-0.2, -0.15) is 0 Å². The number of hydrogen-bond acceptors (Lipinski definition) is 0. The van der Waals surface area contributed by atoms with E-state index in [0.717, 1.165) is 0 Å². The van der Waals surface area contributed by atoms with Gasteiger partial charge in [0, 0.05) is 42.9 Å². The van der Waals surface area contributed by atoms with Crippen molar-refractivity contribution in [3.8, 4) is 0 Å². The molecule has 25 valence electrons. The first kappa shape index (κ1) is 16.1. The maximum absolute atomic E-state index is 1.69. The molecule has 0 bridgehead atoms. The molecule has 0 unspecified atom stereocenters. The van der Waals surface area contributed by atoms with Crippen molar-refractivity contribution in [2.24, 2.45) is 0 Å². The van der Waals surface area contributed by atoms with E-state index in [2.05, 4.69) is 0 Å². The Kier molecular flexibility index (Phi) is 71.7. The van der Waals surface area contributed by atoms with Crippen LogP contribution in [-0.2, 0) is 66.8 Å². The Morgan fingerprint density at radius 2 is 1.25 bits per heavy atom. The molecule has 0 N–H and O–H groups in total. The normalized spacial score (nSPS) is 1.75. The molecule has 0 nitrogen and oxygen atoms in total. The summed E-state index contributed by atoms with van der Waals surface area (Å²) < 4.78 is 0. The van der Waals surface area contributed by atoms with Gasteiger partial charge in [0.2, 0.25) is 0 Å². The van der Waals surface area contributed by atoms with Crippen LogP contribution < -0.4 is 0 Å². The van der Waals surface area contributed by atoms with Crippen LogP contribution in [0.3, 0.4) is 0 Å². The van der Waals surface area contributed by atoms with E-state index in [1.165, 1.54) is 7.37 Å². The first-order chi connectivity index (χ1) is 1.00. The molecule has 0 saturated heterocycles. The molecule has 0 aliphatic rings. The van der Waals surface area contributed by atoms with Gasteiger partial charge in [-0.25, -0.2) is 0 Å². The van der Waals surface area contributed by atoms with E-state index in [1.54, 1.807) is 23.9 Å². The summed E-state index contributed by atoms with van der Waals surface area (Å²) in [5, 5.41) is 0. The van der Waals surface area contributed by atoms with E-state index in [0.29, 0.717) is 0 Å². The molecular formula is H3CuScSiZr. The number of rotatable bonds is 0. The van der Waals surface area contributed by atoms with Crippen molar-refractivity contribution in [2.45, 2.75) is 0 Å². The van der Waals surface area contributed by atoms with Gasteiger partial charge in [0.15, 0.2) is 0 Å². The van der Waals surface area contributed by atoms with Crippen LogP contribution >= 0.6 is 0 Å². The molecule has 0 fully saturated rings. The molecule has 0 aliphatic heterocycles. The van der Waals surface area contributed by atoms with E-state index in [9.17, 15) is 0 Å². The Balaban J connectivity index is -0.00000000500. The van der Waals surface area contributed by atoms with Gasteiger partial charge in [-0.05, 0) is 0 Å². The quantitative estimate of drug-likeness (QED) is 0.460. The molecule has 4 heavy (non-hydrogen) atoms. The average Bonchev–Trinajstić information content (AvgIpc) is 1.00. The molecule has 0 heterocycles. The van der Waals surface area contributed by atoms with Gasteiger partial charge in [-0.15, -0.1) is 0 Å². The SMILES string of the molecule is [Cu].[Sc].[SiH3][Zr]. The van der Waals surface area contributed by atoms with E-state index < -0.39 is 0 Å². The first-order valence-corrected chi connectivity index (χ1v) is 8.87. The summed E-state index contributed by atoms with van der Waals surface area (Å²) in [4.78, 5) is 0. The topological polar surface area (TPSA) is 0 Å². The molecule has 0 amide bonds. The summed E-state index contributed by atoms with van der Waals surface area (Å²) >= 11 is 1.69.